The van der Waals surface area contributed by atoms with Crippen molar-refractivity contribution >= 4 is 44.5 Å². The van der Waals surface area contributed by atoms with Gasteiger partial charge in [-0.15, -0.1) is 0 Å². The molecule has 1 aliphatic rings. The Kier molecular flexibility index (Phi) is 8.71. The summed E-state index contributed by atoms with van der Waals surface area (Å²) in [5.74, 6) is 0.476. The summed E-state index contributed by atoms with van der Waals surface area (Å²) in [7, 11) is -3.52. The third kappa shape index (κ3) is 6.60. The van der Waals surface area contributed by atoms with Gasteiger partial charge in [0, 0.05) is 36.5 Å². The Hall–Kier alpha value is -2.70. The first kappa shape index (κ1) is 27.3. The van der Waals surface area contributed by atoms with Gasteiger partial charge in [-0.25, -0.2) is 23.1 Å². The Labute approximate surface area is 222 Å². The van der Waals surface area contributed by atoms with Gasteiger partial charge in [-0.3, -0.25) is 4.79 Å². The van der Waals surface area contributed by atoms with E-state index in [4.69, 9.17) is 4.98 Å². The van der Waals surface area contributed by atoms with Crippen molar-refractivity contribution in [1.82, 2.24) is 29.4 Å². The first-order valence-electron chi connectivity index (χ1n) is 12.7. The summed E-state index contributed by atoms with van der Waals surface area (Å²) in [6.07, 6.45) is 4.56. The zero-order chi connectivity index (χ0) is 26.6. The number of thioether (sulfide) groups is 1. The van der Waals surface area contributed by atoms with Gasteiger partial charge >= 0.3 is 0 Å². The molecule has 1 saturated heterocycles. The van der Waals surface area contributed by atoms with Gasteiger partial charge in [-0.1, -0.05) is 32.0 Å². The number of anilines is 1. The average molecular weight is 546 g/mol. The lowest BCUT2D eigenvalue weighted by molar-refractivity contribution is 0.0952. The zero-order valence-electron chi connectivity index (χ0n) is 21.8. The molecule has 37 heavy (non-hydrogen) atoms. The second-order valence-corrected chi connectivity index (χ2v) is 13.2. The van der Waals surface area contributed by atoms with Gasteiger partial charge in [-0.05, 0) is 51.0 Å². The number of rotatable bonds is 10. The Morgan fingerprint density at radius 3 is 2.41 bits per heavy atom. The Bertz CT molecular complexity index is 1330. The van der Waals surface area contributed by atoms with Crippen LogP contribution in [0.3, 0.4) is 0 Å². The molecule has 0 spiro atoms. The van der Waals surface area contributed by atoms with Crippen molar-refractivity contribution in [3.05, 3.63) is 36.0 Å². The molecular weight excluding hydrogens is 510 g/mol. The van der Waals surface area contributed by atoms with Crippen molar-refractivity contribution in [1.29, 1.82) is 0 Å². The highest BCUT2D eigenvalue weighted by Gasteiger charge is 2.26. The van der Waals surface area contributed by atoms with Crippen LogP contribution in [0, 0.1) is 0 Å². The number of hydrogen-bond donors (Lipinski definition) is 2. The molecular formula is C25H35N7O3S2. The van der Waals surface area contributed by atoms with E-state index in [0.717, 1.165) is 30.5 Å². The number of aromatic nitrogens is 4. The molecule has 0 radical (unpaired) electrons. The quantitative estimate of drug-likeness (QED) is 0.292. The Morgan fingerprint density at radius 2 is 1.76 bits per heavy atom. The highest BCUT2D eigenvalue weighted by molar-refractivity contribution is 7.99. The zero-order valence-corrected chi connectivity index (χ0v) is 23.4. The molecule has 2 aromatic heterocycles. The molecule has 12 heteroatoms. The predicted molar refractivity (Wildman–Crippen MR) is 146 cm³/mol. The van der Waals surface area contributed by atoms with Crippen LogP contribution in [-0.4, -0.2) is 69.3 Å². The van der Waals surface area contributed by atoms with Gasteiger partial charge in [0.1, 0.15) is 5.82 Å². The fourth-order valence-corrected chi connectivity index (χ4v) is 6.38. The minimum Gasteiger partial charge on any atom is -0.367 e. The summed E-state index contributed by atoms with van der Waals surface area (Å²) in [5, 5.41) is 12.6. The number of fused-ring (bicyclic) bond motifs is 1. The second-order valence-electron chi connectivity index (χ2n) is 9.67. The standard InChI is InChI=1S/C25H35N7O3S2/c1-17(2)28-22-21-16-27-32(23(21)30-25(29-22)36-18(3)4)15-12-26-24(33)19-8-10-20(11-9-19)37(34,35)31-13-6-5-7-14-31/h8-11,16-18H,5-7,12-15H2,1-4H3,(H,26,33)(H,28,29,30). The number of nitrogens with one attached hydrogen (secondary N) is 2. The van der Waals surface area contributed by atoms with E-state index < -0.39 is 10.0 Å². The first-order valence-corrected chi connectivity index (χ1v) is 15.0. The summed E-state index contributed by atoms with van der Waals surface area (Å²) in [6.45, 7) is 10.2. The van der Waals surface area contributed by atoms with E-state index >= 15 is 0 Å². The minimum atomic E-state index is -3.52. The summed E-state index contributed by atoms with van der Waals surface area (Å²) in [4.78, 5) is 22.3. The summed E-state index contributed by atoms with van der Waals surface area (Å²) < 4.78 is 29.0. The van der Waals surface area contributed by atoms with Crippen molar-refractivity contribution in [3.63, 3.8) is 0 Å². The molecule has 0 atom stereocenters. The Morgan fingerprint density at radius 1 is 1.05 bits per heavy atom. The number of carbonyl (C=O) groups is 1. The van der Waals surface area contributed by atoms with E-state index in [9.17, 15) is 13.2 Å². The van der Waals surface area contributed by atoms with E-state index in [2.05, 4.69) is 48.4 Å². The monoisotopic (exact) mass is 545 g/mol. The molecule has 1 aromatic carbocycles. The van der Waals surface area contributed by atoms with Crippen LogP contribution in [-0.2, 0) is 16.6 Å². The minimum absolute atomic E-state index is 0.207. The van der Waals surface area contributed by atoms with Crippen LogP contribution >= 0.6 is 11.8 Å². The van der Waals surface area contributed by atoms with Crippen LogP contribution in [0.1, 0.15) is 57.3 Å². The maximum Gasteiger partial charge on any atom is 0.251 e. The lowest BCUT2D eigenvalue weighted by Gasteiger charge is -2.25. The van der Waals surface area contributed by atoms with Crippen LogP contribution in [0.2, 0.25) is 0 Å². The van der Waals surface area contributed by atoms with Crippen molar-refractivity contribution < 1.29 is 13.2 Å². The second kappa shape index (κ2) is 11.8. The number of amides is 1. The maximum absolute atomic E-state index is 12.8. The van der Waals surface area contributed by atoms with Crippen LogP contribution in [0.4, 0.5) is 5.82 Å². The predicted octanol–water partition coefficient (Wildman–Crippen LogP) is 3.75. The molecule has 1 fully saturated rings. The smallest absolute Gasteiger partial charge is 0.251 e. The largest absolute Gasteiger partial charge is 0.367 e. The number of piperidine rings is 1. The molecule has 2 N–H and O–H groups in total. The fraction of sp³-hybridized carbons (Fsp3) is 0.520. The molecule has 0 bridgehead atoms. The van der Waals surface area contributed by atoms with Crippen molar-refractivity contribution in [2.24, 2.45) is 0 Å². The fourth-order valence-electron chi connectivity index (χ4n) is 4.16. The summed E-state index contributed by atoms with van der Waals surface area (Å²) >= 11 is 1.59. The highest BCUT2D eigenvalue weighted by Crippen LogP contribution is 2.27. The normalized spacial score (nSPS) is 15.0. The van der Waals surface area contributed by atoms with E-state index in [1.54, 1.807) is 34.8 Å². The van der Waals surface area contributed by atoms with E-state index in [1.807, 2.05) is 0 Å². The van der Waals surface area contributed by atoms with Crippen LogP contribution < -0.4 is 10.6 Å². The Balaban J connectivity index is 1.42. The molecule has 0 aliphatic carbocycles. The van der Waals surface area contributed by atoms with E-state index in [1.165, 1.54) is 16.4 Å². The van der Waals surface area contributed by atoms with Gasteiger partial charge in [-0.2, -0.15) is 9.40 Å². The SMILES string of the molecule is CC(C)Nc1nc(SC(C)C)nc2c1cnn2CCNC(=O)c1ccc(S(=O)(=O)N2CCCCC2)cc1. The highest BCUT2D eigenvalue weighted by atomic mass is 32.2. The topological polar surface area (TPSA) is 122 Å². The number of benzene rings is 1. The molecule has 4 rings (SSSR count). The summed E-state index contributed by atoms with van der Waals surface area (Å²) in [5.41, 5.74) is 1.12. The molecule has 3 aromatic rings. The third-order valence-electron chi connectivity index (χ3n) is 5.92. The average Bonchev–Trinajstić information content (AvgIpc) is 3.27. The van der Waals surface area contributed by atoms with Gasteiger partial charge in [0.25, 0.3) is 5.91 Å². The van der Waals surface area contributed by atoms with Crippen LogP contribution in [0.15, 0.2) is 40.5 Å². The van der Waals surface area contributed by atoms with Crippen molar-refractivity contribution in [3.8, 4) is 0 Å². The molecule has 3 heterocycles. The number of hydrogen-bond acceptors (Lipinski definition) is 8. The maximum atomic E-state index is 12.8. The molecule has 10 nitrogen and oxygen atoms in total. The first-order chi connectivity index (χ1) is 17.6. The van der Waals surface area contributed by atoms with Crippen LogP contribution in [0.5, 0.6) is 0 Å². The molecule has 1 amide bonds. The molecule has 0 unspecified atom stereocenters. The summed E-state index contributed by atoms with van der Waals surface area (Å²) in [6, 6.07) is 6.34. The third-order valence-corrected chi connectivity index (χ3v) is 8.70. The lowest BCUT2D eigenvalue weighted by Crippen LogP contribution is -2.35. The van der Waals surface area contributed by atoms with Crippen molar-refractivity contribution in [2.45, 2.75) is 74.8 Å². The van der Waals surface area contributed by atoms with Crippen molar-refractivity contribution in [2.75, 3.05) is 25.0 Å². The lowest BCUT2D eigenvalue weighted by atomic mass is 10.2. The van der Waals surface area contributed by atoms with Gasteiger partial charge < -0.3 is 10.6 Å². The molecule has 200 valence electrons. The van der Waals surface area contributed by atoms with Crippen LogP contribution in [0.25, 0.3) is 11.0 Å². The molecule has 0 saturated carbocycles. The number of nitrogens with zero attached hydrogens (tertiary/aromatic N) is 5. The van der Waals surface area contributed by atoms with E-state index in [-0.39, 0.29) is 16.8 Å². The van der Waals surface area contributed by atoms with Gasteiger partial charge in [0.05, 0.1) is 23.0 Å². The number of carbonyl (C=O) groups excluding carboxylic acids is 1. The van der Waals surface area contributed by atoms with E-state index in [0.29, 0.717) is 47.8 Å². The van der Waals surface area contributed by atoms with Gasteiger partial charge in [0.15, 0.2) is 10.8 Å². The van der Waals surface area contributed by atoms with Gasteiger partial charge in [0.2, 0.25) is 10.0 Å². The molecule has 1 aliphatic heterocycles. The number of sulfonamides is 1.